The fourth-order valence-corrected chi connectivity index (χ4v) is 1.92. The molecule has 3 nitrogen and oxygen atoms in total. The molecule has 1 aromatic rings. The molecule has 1 N–H and O–H groups in total. The first-order valence-electron chi connectivity index (χ1n) is 6.47. The highest BCUT2D eigenvalue weighted by atomic mass is 16.5. The van der Waals surface area contributed by atoms with Crippen molar-refractivity contribution in [3.05, 3.63) is 29.8 Å². The van der Waals surface area contributed by atoms with E-state index in [0.717, 1.165) is 12.4 Å². The van der Waals surface area contributed by atoms with Gasteiger partial charge in [0.05, 0.1) is 13.7 Å². The van der Waals surface area contributed by atoms with E-state index in [-0.39, 0.29) is 0 Å². The summed E-state index contributed by atoms with van der Waals surface area (Å²) in [5.74, 6) is 1.44. The van der Waals surface area contributed by atoms with Gasteiger partial charge in [0.25, 0.3) is 0 Å². The van der Waals surface area contributed by atoms with E-state index in [1.807, 2.05) is 12.1 Å². The van der Waals surface area contributed by atoms with Crippen LogP contribution in [0.5, 0.6) is 5.75 Å². The lowest BCUT2D eigenvalue weighted by atomic mass is 10.0. The van der Waals surface area contributed by atoms with Crippen molar-refractivity contribution in [1.82, 2.24) is 5.32 Å². The second kappa shape index (κ2) is 7.39. The molecular formula is C15H25NO2. The number of ether oxygens (including phenoxy) is 2. The minimum Gasteiger partial charge on any atom is -0.497 e. The van der Waals surface area contributed by atoms with Crippen molar-refractivity contribution in [2.75, 3.05) is 20.8 Å². The van der Waals surface area contributed by atoms with Crippen molar-refractivity contribution < 1.29 is 9.47 Å². The maximum Gasteiger partial charge on any atom is 0.118 e. The van der Waals surface area contributed by atoms with Crippen LogP contribution in [0.2, 0.25) is 0 Å². The predicted octanol–water partition coefficient (Wildman–Crippen LogP) is 3.02. The molecule has 0 spiro atoms. The maximum atomic E-state index is 5.26. The molecule has 3 heteroatoms. The van der Waals surface area contributed by atoms with Gasteiger partial charge in [-0.05, 0) is 30.5 Å². The van der Waals surface area contributed by atoms with Gasteiger partial charge in [-0.15, -0.1) is 0 Å². The summed E-state index contributed by atoms with van der Waals surface area (Å²) >= 11 is 0. The number of methoxy groups -OCH3 is 2. The maximum absolute atomic E-state index is 5.26. The molecule has 1 rings (SSSR count). The predicted molar refractivity (Wildman–Crippen MR) is 75.0 cm³/mol. The molecule has 0 fully saturated rings. The summed E-state index contributed by atoms with van der Waals surface area (Å²) in [6.45, 7) is 7.32. The van der Waals surface area contributed by atoms with Crippen molar-refractivity contribution in [1.29, 1.82) is 0 Å². The normalized spacial score (nSPS) is 14.6. The van der Waals surface area contributed by atoms with Crippen LogP contribution in [0.3, 0.4) is 0 Å². The number of hydrogen-bond acceptors (Lipinski definition) is 3. The van der Waals surface area contributed by atoms with Crippen LogP contribution >= 0.6 is 0 Å². The van der Waals surface area contributed by atoms with Crippen LogP contribution in [0.15, 0.2) is 24.3 Å². The molecule has 102 valence electrons. The highest BCUT2D eigenvalue weighted by Gasteiger charge is 2.16. The number of hydrogen-bond donors (Lipinski definition) is 1. The van der Waals surface area contributed by atoms with Crippen LogP contribution in [0.25, 0.3) is 0 Å². The van der Waals surface area contributed by atoms with Crippen LogP contribution < -0.4 is 10.1 Å². The lowest BCUT2D eigenvalue weighted by Crippen LogP contribution is -2.39. The van der Waals surface area contributed by atoms with Crippen LogP contribution in [-0.4, -0.2) is 26.9 Å². The van der Waals surface area contributed by atoms with E-state index in [0.29, 0.717) is 18.0 Å². The lowest BCUT2D eigenvalue weighted by Gasteiger charge is -2.26. The first-order chi connectivity index (χ1) is 8.58. The largest absolute Gasteiger partial charge is 0.497 e. The van der Waals surface area contributed by atoms with Gasteiger partial charge >= 0.3 is 0 Å². The molecule has 0 aliphatic rings. The van der Waals surface area contributed by atoms with Crippen LogP contribution in [0, 0.1) is 5.92 Å². The quantitative estimate of drug-likeness (QED) is 0.808. The van der Waals surface area contributed by atoms with Crippen LogP contribution in [0.4, 0.5) is 0 Å². The van der Waals surface area contributed by atoms with Gasteiger partial charge in [0.15, 0.2) is 0 Å². The van der Waals surface area contributed by atoms with Gasteiger partial charge in [0, 0.05) is 19.2 Å². The van der Waals surface area contributed by atoms with Crippen molar-refractivity contribution in [2.24, 2.45) is 5.92 Å². The van der Waals surface area contributed by atoms with E-state index >= 15 is 0 Å². The van der Waals surface area contributed by atoms with Gasteiger partial charge in [0.1, 0.15) is 5.75 Å². The first kappa shape index (κ1) is 15.0. The number of benzene rings is 1. The summed E-state index contributed by atoms with van der Waals surface area (Å²) in [7, 11) is 3.43. The van der Waals surface area contributed by atoms with Gasteiger partial charge in [0.2, 0.25) is 0 Å². The Kier molecular flexibility index (Phi) is 6.16. The third-order valence-electron chi connectivity index (χ3n) is 3.23. The zero-order chi connectivity index (χ0) is 13.5. The summed E-state index contributed by atoms with van der Waals surface area (Å²) in [5, 5.41) is 3.61. The molecule has 0 aromatic heterocycles. The third-order valence-corrected chi connectivity index (χ3v) is 3.23. The zero-order valence-corrected chi connectivity index (χ0v) is 12.1. The van der Waals surface area contributed by atoms with E-state index < -0.39 is 0 Å². The number of nitrogens with one attached hydrogen (secondary N) is 1. The SMILES string of the molecule is COCC(NC(C)c1ccc(OC)cc1)C(C)C. The minimum absolute atomic E-state index is 0.304. The minimum atomic E-state index is 0.304. The molecule has 0 saturated heterocycles. The molecule has 0 radical (unpaired) electrons. The van der Waals surface area contributed by atoms with Gasteiger partial charge in [-0.25, -0.2) is 0 Å². The second-order valence-corrected chi connectivity index (χ2v) is 4.97. The third kappa shape index (κ3) is 4.31. The smallest absolute Gasteiger partial charge is 0.118 e. The van der Waals surface area contributed by atoms with Gasteiger partial charge in [-0.1, -0.05) is 26.0 Å². The number of rotatable bonds is 7. The molecule has 0 amide bonds. The Bertz CT molecular complexity index is 335. The highest BCUT2D eigenvalue weighted by molar-refractivity contribution is 5.28. The summed E-state index contributed by atoms with van der Waals surface area (Å²) < 4.78 is 10.4. The van der Waals surface area contributed by atoms with Crippen molar-refractivity contribution >= 4 is 0 Å². The molecule has 2 unspecified atom stereocenters. The lowest BCUT2D eigenvalue weighted by molar-refractivity contribution is 0.141. The average Bonchev–Trinajstić information content (AvgIpc) is 2.38. The fraction of sp³-hybridized carbons (Fsp3) is 0.600. The molecule has 0 heterocycles. The molecule has 0 bridgehead atoms. The fourth-order valence-electron chi connectivity index (χ4n) is 1.92. The Morgan fingerprint density at radius 3 is 2.11 bits per heavy atom. The Labute approximate surface area is 110 Å². The second-order valence-electron chi connectivity index (χ2n) is 4.97. The molecule has 2 atom stereocenters. The Morgan fingerprint density at radius 1 is 1.06 bits per heavy atom. The van der Waals surface area contributed by atoms with E-state index in [9.17, 15) is 0 Å². The highest BCUT2D eigenvalue weighted by Crippen LogP contribution is 2.18. The molecule has 1 aromatic carbocycles. The van der Waals surface area contributed by atoms with Gasteiger partial charge in [-0.3, -0.25) is 0 Å². The summed E-state index contributed by atoms with van der Waals surface area (Å²) in [6.07, 6.45) is 0. The molecular weight excluding hydrogens is 226 g/mol. The summed E-state index contributed by atoms with van der Waals surface area (Å²) in [4.78, 5) is 0. The summed E-state index contributed by atoms with van der Waals surface area (Å²) in [5.41, 5.74) is 1.26. The molecule has 0 aliphatic carbocycles. The van der Waals surface area contributed by atoms with E-state index in [4.69, 9.17) is 9.47 Å². The summed E-state index contributed by atoms with van der Waals surface area (Å²) in [6, 6.07) is 8.86. The Hall–Kier alpha value is -1.06. The van der Waals surface area contributed by atoms with Gasteiger partial charge in [-0.2, -0.15) is 0 Å². The van der Waals surface area contributed by atoms with Crippen LogP contribution in [-0.2, 0) is 4.74 Å². The van der Waals surface area contributed by atoms with Gasteiger partial charge < -0.3 is 14.8 Å². The topological polar surface area (TPSA) is 30.5 Å². The van der Waals surface area contributed by atoms with E-state index in [2.05, 4.69) is 38.2 Å². The zero-order valence-electron chi connectivity index (χ0n) is 12.1. The van der Waals surface area contributed by atoms with Crippen molar-refractivity contribution in [3.63, 3.8) is 0 Å². The monoisotopic (exact) mass is 251 g/mol. The molecule has 18 heavy (non-hydrogen) atoms. The van der Waals surface area contributed by atoms with E-state index in [1.165, 1.54) is 5.56 Å². The molecule has 0 saturated carbocycles. The standard InChI is InChI=1S/C15H25NO2/c1-11(2)15(10-17-4)16-12(3)13-6-8-14(18-5)9-7-13/h6-9,11-12,15-16H,10H2,1-5H3. The Morgan fingerprint density at radius 2 is 1.67 bits per heavy atom. The Balaban J connectivity index is 2.64. The van der Waals surface area contributed by atoms with Crippen molar-refractivity contribution in [2.45, 2.75) is 32.9 Å². The first-order valence-corrected chi connectivity index (χ1v) is 6.47. The van der Waals surface area contributed by atoms with E-state index in [1.54, 1.807) is 14.2 Å². The average molecular weight is 251 g/mol. The molecule has 0 aliphatic heterocycles. The van der Waals surface area contributed by atoms with Crippen LogP contribution in [0.1, 0.15) is 32.4 Å². The van der Waals surface area contributed by atoms with Crippen molar-refractivity contribution in [3.8, 4) is 5.75 Å².